The lowest BCUT2D eigenvalue weighted by Crippen LogP contribution is -2.16. The van der Waals surface area contributed by atoms with Crippen LogP contribution in [0.2, 0.25) is 0 Å². The zero-order valence-electron chi connectivity index (χ0n) is 12.1. The van der Waals surface area contributed by atoms with Crippen LogP contribution in [0.3, 0.4) is 0 Å². The SMILES string of the molecule is CCCNc1ccccc1S(=O)(=O)Nc1cnccc1C. The molecule has 0 saturated carbocycles. The van der Waals surface area contributed by atoms with Gasteiger partial charge in [0.25, 0.3) is 10.0 Å². The number of aromatic nitrogens is 1. The van der Waals surface area contributed by atoms with Crippen molar-refractivity contribution in [3.05, 3.63) is 48.3 Å². The highest BCUT2D eigenvalue weighted by atomic mass is 32.2. The molecule has 0 aliphatic rings. The van der Waals surface area contributed by atoms with Crippen LogP contribution in [0.15, 0.2) is 47.6 Å². The summed E-state index contributed by atoms with van der Waals surface area (Å²) in [4.78, 5) is 4.19. The molecule has 1 heterocycles. The average molecular weight is 305 g/mol. The number of aryl methyl sites for hydroxylation is 1. The molecule has 1 aromatic carbocycles. The van der Waals surface area contributed by atoms with E-state index in [0.29, 0.717) is 11.4 Å². The monoisotopic (exact) mass is 305 g/mol. The molecule has 2 N–H and O–H groups in total. The molecule has 5 nitrogen and oxygen atoms in total. The van der Waals surface area contributed by atoms with Crippen molar-refractivity contribution >= 4 is 21.4 Å². The normalized spacial score (nSPS) is 11.1. The van der Waals surface area contributed by atoms with Gasteiger partial charge in [-0.15, -0.1) is 0 Å². The van der Waals surface area contributed by atoms with Crippen LogP contribution in [0, 0.1) is 6.92 Å². The lowest BCUT2D eigenvalue weighted by atomic mass is 10.3. The number of sulfonamides is 1. The van der Waals surface area contributed by atoms with Crippen molar-refractivity contribution in [2.24, 2.45) is 0 Å². The third-order valence-corrected chi connectivity index (χ3v) is 4.45. The standard InChI is InChI=1S/C15H19N3O2S/c1-3-9-17-13-6-4-5-7-15(13)21(19,20)18-14-11-16-10-8-12(14)2/h4-8,10-11,17-18H,3,9H2,1-2H3. The fourth-order valence-corrected chi connectivity index (χ4v) is 3.18. The Balaban J connectivity index is 2.34. The van der Waals surface area contributed by atoms with E-state index in [4.69, 9.17) is 0 Å². The van der Waals surface area contributed by atoms with E-state index >= 15 is 0 Å². The second-order valence-corrected chi connectivity index (χ2v) is 6.37. The molecule has 21 heavy (non-hydrogen) atoms. The zero-order valence-corrected chi connectivity index (χ0v) is 12.9. The van der Waals surface area contributed by atoms with Gasteiger partial charge in [0.2, 0.25) is 0 Å². The van der Waals surface area contributed by atoms with Crippen molar-refractivity contribution in [1.82, 2.24) is 4.98 Å². The van der Waals surface area contributed by atoms with Crippen LogP contribution in [0.5, 0.6) is 0 Å². The van der Waals surface area contributed by atoms with Gasteiger partial charge in [-0.05, 0) is 37.1 Å². The number of nitrogens with one attached hydrogen (secondary N) is 2. The smallest absolute Gasteiger partial charge is 0.264 e. The minimum atomic E-state index is -3.65. The van der Waals surface area contributed by atoms with Gasteiger partial charge in [-0.25, -0.2) is 8.42 Å². The molecule has 112 valence electrons. The van der Waals surface area contributed by atoms with Crippen LogP contribution in [0.25, 0.3) is 0 Å². The summed E-state index contributed by atoms with van der Waals surface area (Å²) in [5, 5.41) is 3.13. The van der Waals surface area contributed by atoms with E-state index in [1.807, 2.05) is 19.9 Å². The molecule has 0 aliphatic carbocycles. The summed E-state index contributed by atoms with van der Waals surface area (Å²) < 4.78 is 27.7. The van der Waals surface area contributed by atoms with Crippen LogP contribution in [0.1, 0.15) is 18.9 Å². The second-order valence-electron chi connectivity index (χ2n) is 4.72. The van der Waals surface area contributed by atoms with Gasteiger partial charge in [-0.3, -0.25) is 9.71 Å². The van der Waals surface area contributed by atoms with Gasteiger partial charge in [-0.2, -0.15) is 0 Å². The van der Waals surface area contributed by atoms with E-state index in [1.165, 1.54) is 6.20 Å². The van der Waals surface area contributed by atoms with E-state index in [0.717, 1.165) is 18.5 Å². The molecule has 0 fully saturated rings. The Labute approximate surface area is 125 Å². The summed E-state index contributed by atoms with van der Waals surface area (Å²) in [6.07, 6.45) is 4.06. The van der Waals surface area contributed by atoms with E-state index in [9.17, 15) is 8.42 Å². The third kappa shape index (κ3) is 3.72. The summed E-state index contributed by atoms with van der Waals surface area (Å²) in [6.45, 7) is 4.58. The van der Waals surface area contributed by atoms with Crippen molar-refractivity contribution in [2.45, 2.75) is 25.2 Å². The molecule has 0 spiro atoms. The van der Waals surface area contributed by atoms with Crippen LogP contribution < -0.4 is 10.0 Å². The van der Waals surface area contributed by atoms with Crippen LogP contribution in [-0.4, -0.2) is 19.9 Å². The Hall–Kier alpha value is -2.08. The Kier molecular flexibility index (Phi) is 4.80. The molecule has 6 heteroatoms. The Morgan fingerprint density at radius 2 is 1.90 bits per heavy atom. The highest BCUT2D eigenvalue weighted by molar-refractivity contribution is 7.92. The Morgan fingerprint density at radius 1 is 1.14 bits per heavy atom. The summed E-state index contributed by atoms with van der Waals surface area (Å²) >= 11 is 0. The molecular formula is C15H19N3O2S. The Morgan fingerprint density at radius 3 is 2.62 bits per heavy atom. The largest absolute Gasteiger partial charge is 0.384 e. The maximum absolute atomic E-state index is 12.6. The molecular weight excluding hydrogens is 286 g/mol. The minimum absolute atomic E-state index is 0.238. The van der Waals surface area contributed by atoms with Crippen molar-refractivity contribution in [2.75, 3.05) is 16.6 Å². The molecule has 0 unspecified atom stereocenters. The molecule has 0 atom stereocenters. The number of pyridine rings is 1. The van der Waals surface area contributed by atoms with Crippen molar-refractivity contribution < 1.29 is 8.42 Å². The number of rotatable bonds is 6. The summed E-state index contributed by atoms with van der Waals surface area (Å²) in [7, 11) is -3.65. The molecule has 0 amide bonds. The summed E-state index contributed by atoms with van der Waals surface area (Å²) in [5.74, 6) is 0. The maximum atomic E-state index is 12.6. The van der Waals surface area contributed by atoms with Crippen LogP contribution in [0.4, 0.5) is 11.4 Å². The van der Waals surface area contributed by atoms with Crippen LogP contribution >= 0.6 is 0 Å². The first-order valence-corrected chi connectivity index (χ1v) is 8.29. The maximum Gasteiger partial charge on any atom is 0.264 e. The number of hydrogen-bond acceptors (Lipinski definition) is 4. The number of para-hydroxylation sites is 1. The topological polar surface area (TPSA) is 71.1 Å². The van der Waals surface area contributed by atoms with Gasteiger partial charge < -0.3 is 5.32 Å². The lowest BCUT2D eigenvalue weighted by Gasteiger charge is -2.14. The summed E-state index contributed by atoms with van der Waals surface area (Å²) in [6, 6.07) is 8.64. The van der Waals surface area contributed by atoms with E-state index in [2.05, 4.69) is 15.0 Å². The molecule has 0 bridgehead atoms. The van der Waals surface area contributed by atoms with Crippen molar-refractivity contribution in [3.63, 3.8) is 0 Å². The molecule has 0 radical (unpaired) electrons. The first-order valence-electron chi connectivity index (χ1n) is 6.81. The molecule has 2 rings (SSSR count). The van der Waals surface area contributed by atoms with E-state index < -0.39 is 10.0 Å². The molecule has 1 aromatic heterocycles. The Bertz CT molecular complexity index is 714. The number of benzene rings is 1. The number of nitrogens with zero attached hydrogens (tertiary/aromatic N) is 1. The predicted molar refractivity (Wildman–Crippen MR) is 85.0 cm³/mol. The third-order valence-electron chi connectivity index (χ3n) is 3.03. The molecule has 2 aromatic rings. The minimum Gasteiger partial charge on any atom is -0.384 e. The van der Waals surface area contributed by atoms with Gasteiger partial charge in [0.15, 0.2) is 0 Å². The first kappa shape index (κ1) is 15.3. The first-order chi connectivity index (χ1) is 10.0. The summed E-state index contributed by atoms with van der Waals surface area (Å²) in [5.41, 5.74) is 1.92. The highest BCUT2D eigenvalue weighted by Gasteiger charge is 2.18. The number of anilines is 2. The average Bonchev–Trinajstić information content (AvgIpc) is 2.47. The van der Waals surface area contributed by atoms with Gasteiger partial charge in [0, 0.05) is 12.7 Å². The van der Waals surface area contributed by atoms with Crippen LogP contribution in [-0.2, 0) is 10.0 Å². The highest BCUT2D eigenvalue weighted by Crippen LogP contribution is 2.24. The molecule has 0 aliphatic heterocycles. The lowest BCUT2D eigenvalue weighted by molar-refractivity contribution is 0.601. The quantitative estimate of drug-likeness (QED) is 0.860. The fraction of sp³-hybridized carbons (Fsp3) is 0.267. The van der Waals surface area contributed by atoms with Gasteiger partial charge in [-0.1, -0.05) is 19.1 Å². The second kappa shape index (κ2) is 6.58. The van der Waals surface area contributed by atoms with E-state index in [-0.39, 0.29) is 4.90 Å². The predicted octanol–water partition coefficient (Wildman–Crippen LogP) is 3.01. The fourth-order valence-electron chi connectivity index (χ4n) is 1.88. The zero-order chi connectivity index (χ0) is 15.3. The van der Waals surface area contributed by atoms with E-state index in [1.54, 1.807) is 30.5 Å². The van der Waals surface area contributed by atoms with Gasteiger partial charge in [0.05, 0.1) is 17.6 Å². The van der Waals surface area contributed by atoms with Crippen molar-refractivity contribution in [1.29, 1.82) is 0 Å². The number of hydrogen-bond donors (Lipinski definition) is 2. The van der Waals surface area contributed by atoms with Gasteiger partial charge >= 0.3 is 0 Å². The van der Waals surface area contributed by atoms with Gasteiger partial charge in [0.1, 0.15) is 4.90 Å². The molecule has 0 saturated heterocycles. The van der Waals surface area contributed by atoms with Crippen molar-refractivity contribution in [3.8, 4) is 0 Å².